The van der Waals surface area contributed by atoms with E-state index in [0.29, 0.717) is 6.54 Å². The molecular formula is C26H22N2O3S2. The van der Waals surface area contributed by atoms with Crippen LogP contribution < -0.4 is 4.57 Å². The van der Waals surface area contributed by atoms with Gasteiger partial charge in [0.05, 0.1) is 15.8 Å². The van der Waals surface area contributed by atoms with E-state index in [9.17, 15) is 13.0 Å². The van der Waals surface area contributed by atoms with Crippen molar-refractivity contribution < 1.29 is 17.5 Å². The Hall–Kier alpha value is -3.26. The van der Waals surface area contributed by atoms with Crippen LogP contribution in [0.1, 0.15) is 17.0 Å². The van der Waals surface area contributed by atoms with Gasteiger partial charge in [-0.15, -0.1) is 0 Å². The summed E-state index contributed by atoms with van der Waals surface area (Å²) in [6, 6.07) is 26.5. The zero-order chi connectivity index (χ0) is 22.8. The van der Waals surface area contributed by atoms with Gasteiger partial charge in [-0.1, -0.05) is 72.0 Å². The van der Waals surface area contributed by atoms with Crippen molar-refractivity contribution in [2.75, 3.05) is 5.75 Å². The molecule has 0 bridgehead atoms. The van der Waals surface area contributed by atoms with Crippen LogP contribution in [0.15, 0.2) is 78.9 Å². The lowest BCUT2D eigenvalue weighted by molar-refractivity contribution is -0.668. The molecule has 0 fully saturated rings. The minimum atomic E-state index is -4.23. The Morgan fingerprint density at radius 2 is 1.64 bits per heavy atom. The summed E-state index contributed by atoms with van der Waals surface area (Å²) in [6.07, 6.45) is 4.48. The van der Waals surface area contributed by atoms with Crippen LogP contribution in [0.4, 0.5) is 0 Å². The maximum absolute atomic E-state index is 11.1. The van der Waals surface area contributed by atoms with Crippen molar-refractivity contribution in [3.05, 3.63) is 89.4 Å². The largest absolute Gasteiger partial charge is 0.748 e. The Labute approximate surface area is 196 Å². The van der Waals surface area contributed by atoms with E-state index in [4.69, 9.17) is 0 Å². The Bertz CT molecular complexity index is 1570. The van der Waals surface area contributed by atoms with Crippen LogP contribution in [0.5, 0.6) is 0 Å². The highest BCUT2D eigenvalue weighted by molar-refractivity contribution is 7.85. The van der Waals surface area contributed by atoms with Gasteiger partial charge in [-0.25, -0.2) is 8.42 Å². The van der Waals surface area contributed by atoms with Crippen LogP contribution in [-0.4, -0.2) is 23.7 Å². The second-order valence-electron chi connectivity index (χ2n) is 7.83. The number of aryl methyl sites for hydroxylation is 1. The molecule has 0 aliphatic heterocycles. The van der Waals surface area contributed by atoms with Gasteiger partial charge in [-0.3, -0.25) is 0 Å². The molecule has 5 rings (SSSR count). The summed E-state index contributed by atoms with van der Waals surface area (Å²) in [5.74, 6) is -0.367. The van der Waals surface area contributed by atoms with Gasteiger partial charge in [0.1, 0.15) is 4.70 Å². The van der Waals surface area contributed by atoms with E-state index in [2.05, 4.69) is 52.0 Å². The standard InChI is InChI=1S/C26H22N2O3S2/c29-33(30,31)18-8-17-28-23-13-6-7-14-24(23)32-25(28)16-15-21-20-11-4-5-12-22(20)27-26(21)19-9-2-1-3-10-19/h1-7,9-16H,8,17-18H2,(H,29,30,31). The van der Waals surface area contributed by atoms with E-state index in [1.54, 1.807) is 11.3 Å². The van der Waals surface area contributed by atoms with Crippen LogP contribution in [0.3, 0.4) is 0 Å². The van der Waals surface area contributed by atoms with Crippen molar-refractivity contribution in [1.82, 2.24) is 4.98 Å². The Morgan fingerprint density at radius 1 is 0.909 bits per heavy atom. The molecule has 0 aliphatic carbocycles. The van der Waals surface area contributed by atoms with Crippen LogP contribution in [0.25, 0.3) is 44.5 Å². The molecular weight excluding hydrogens is 452 g/mol. The molecule has 2 aromatic heterocycles. The molecule has 5 nitrogen and oxygen atoms in total. The predicted molar refractivity (Wildman–Crippen MR) is 134 cm³/mol. The molecule has 1 N–H and O–H groups in total. The first-order valence-electron chi connectivity index (χ1n) is 10.7. The van der Waals surface area contributed by atoms with Gasteiger partial charge in [-0.2, -0.15) is 4.57 Å². The summed E-state index contributed by atoms with van der Waals surface area (Å²) in [7, 11) is -4.23. The lowest BCUT2D eigenvalue weighted by atomic mass is 10.0. The Kier molecular flexibility index (Phi) is 5.85. The summed E-state index contributed by atoms with van der Waals surface area (Å²) < 4.78 is 36.5. The fourth-order valence-electron chi connectivity index (χ4n) is 4.13. The van der Waals surface area contributed by atoms with Crippen molar-refractivity contribution >= 4 is 54.7 Å². The second kappa shape index (κ2) is 8.94. The number of aromatic amines is 1. The molecule has 0 aliphatic rings. The highest BCUT2D eigenvalue weighted by Gasteiger charge is 2.19. The summed E-state index contributed by atoms with van der Waals surface area (Å²) in [5.41, 5.74) is 5.37. The monoisotopic (exact) mass is 474 g/mol. The topological polar surface area (TPSA) is 76.9 Å². The van der Waals surface area contributed by atoms with Crippen molar-refractivity contribution in [2.45, 2.75) is 13.0 Å². The van der Waals surface area contributed by atoms with Gasteiger partial charge in [0.15, 0.2) is 6.54 Å². The summed E-state index contributed by atoms with van der Waals surface area (Å²) in [4.78, 5) is 3.55. The minimum absolute atomic E-state index is 0.278. The molecule has 0 saturated heterocycles. The molecule has 5 aromatic rings. The predicted octanol–water partition coefficient (Wildman–Crippen LogP) is 5.44. The number of H-pyrrole nitrogens is 1. The van der Waals surface area contributed by atoms with Crippen LogP contribution in [0, 0.1) is 0 Å². The molecule has 33 heavy (non-hydrogen) atoms. The average molecular weight is 475 g/mol. The molecule has 3 aromatic carbocycles. The van der Waals surface area contributed by atoms with Crippen molar-refractivity contribution in [1.29, 1.82) is 0 Å². The number of aromatic nitrogens is 2. The van der Waals surface area contributed by atoms with E-state index >= 15 is 0 Å². The van der Waals surface area contributed by atoms with Crippen molar-refractivity contribution in [3.8, 4) is 11.3 Å². The van der Waals surface area contributed by atoms with E-state index in [-0.39, 0.29) is 12.2 Å². The average Bonchev–Trinajstić information content (AvgIpc) is 3.36. The number of nitrogens with zero attached hydrogens (tertiary/aromatic N) is 1. The first-order valence-corrected chi connectivity index (χ1v) is 13.1. The fraction of sp³-hybridized carbons (Fsp3) is 0.115. The van der Waals surface area contributed by atoms with Gasteiger partial charge in [-0.05, 0) is 23.8 Å². The summed E-state index contributed by atoms with van der Waals surface area (Å²) >= 11 is 1.65. The van der Waals surface area contributed by atoms with Gasteiger partial charge >= 0.3 is 0 Å². The van der Waals surface area contributed by atoms with Gasteiger partial charge in [0.25, 0.3) is 5.01 Å². The van der Waals surface area contributed by atoms with Gasteiger partial charge < -0.3 is 9.54 Å². The highest BCUT2D eigenvalue weighted by Crippen LogP contribution is 2.32. The number of thiazole rings is 1. The smallest absolute Gasteiger partial charge is 0.262 e. The highest BCUT2D eigenvalue weighted by atomic mass is 32.2. The molecule has 0 atom stereocenters. The van der Waals surface area contributed by atoms with E-state index in [0.717, 1.165) is 42.9 Å². The van der Waals surface area contributed by atoms with Crippen LogP contribution in [0.2, 0.25) is 0 Å². The normalized spacial score (nSPS) is 12.3. The molecule has 0 saturated carbocycles. The molecule has 0 unspecified atom stereocenters. The Balaban J connectivity index is 1.59. The molecule has 166 valence electrons. The van der Waals surface area contributed by atoms with Crippen LogP contribution in [-0.2, 0) is 16.7 Å². The van der Waals surface area contributed by atoms with Gasteiger partial charge in [0, 0.05) is 40.8 Å². The van der Waals surface area contributed by atoms with Crippen molar-refractivity contribution in [2.24, 2.45) is 0 Å². The third-order valence-electron chi connectivity index (χ3n) is 5.61. The quantitative estimate of drug-likeness (QED) is 0.252. The number of rotatable bonds is 7. The van der Waals surface area contributed by atoms with Gasteiger partial charge in [0.2, 0.25) is 5.52 Å². The van der Waals surface area contributed by atoms with E-state index < -0.39 is 10.1 Å². The number of hydrogen-bond donors (Lipinski definition) is 1. The maximum Gasteiger partial charge on any atom is 0.262 e. The third kappa shape index (κ3) is 4.61. The molecule has 0 amide bonds. The lowest BCUT2D eigenvalue weighted by Crippen LogP contribution is -2.35. The summed E-state index contributed by atoms with van der Waals surface area (Å²) in [6.45, 7) is 0.463. The second-order valence-corrected chi connectivity index (χ2v) is 10.4. The molecule has 0 radical (unpaired) electrons. The lowest BCUT2D eigenvalue weighted by Gasteiger charge is -2.04. The van der Waals surface area contributed by atoms with E-state index in [1.165, 1.54) is 0 Å². The molecule has 0 spiro atoms. The SMILES string of the molecule is O=S(=O)([O-])CCC[n+]1c(/C=C/c2c(-c3ccccc3)[nH]c3ccccc23)sc2ccccc21. The number of nitrogens with one attached hydrogen (secondary N) is 1. The first kappa shape index (κ1) is 21.6. The zero-order valence-corrected chi connectivity index (χ0v) is 19.4. The molecule has 2 heterocycles. The van der Waals surface area contributed by atoms with Crippen molar-refractivity contribution in [3.63, 3.8) is 0 Å². The number of para-hydroxylation sites is 2. The first-order chi connectivity index (χ1) is 16.0. The molecule has 7 heteroatoms. The van der Waals surface area contributed by atoms with E-state index in [1.807, 2.05) is 48.5 Å². The zero-order valence-electron chi connectivity index (χ0n) is 17.8. The summed E-state index contributed by atoms with van der Waals surface area (Å²) in [5, 5.41) is 2.14. The maximum atomic E-state index is 11.1. The van der Waals surface area contributed by atoms with Crippen LogP contribution >= 0.6 is 11.3 Å². The Morgan fingerprint density at radius 3 is 2.45 bits per heavy atom. The number of benzene rings is 3. The minimum Gasteiger partial charge on any atom is -0.748 e. The fourth-order valence-corrected chi connectivity index (χ4v) is 5.70. The third-order valence-corrected chi connectivity index (χ3v) is 7.53. The number of hydrogen-bond acceptors (Lipinski definition) is 4. The number of fused-ring (bicyclic) bond motifs is 2.